The summed E-state index contributed by atoms with van der Waals surface area (Å²) in [7, 11) is 0. The molecular weight excluding hydrogens is 272 g/mol. The topological polar surface area (TPSA) is 29.3 Å². The van der Waals surface area contributed by atoms with Crippen LogP contribution in [-0.4, -0.2) is 30.6 Å². The van der Waals surface area contributed by atoms with E-state index in [1.54, 1.807) is 0 Å². The van der Waals surface area contributed by atoms with Crippen LogP contribution < -0.4 is 5.73 Å². The zero-order valence-electron chi connectivity index (χ0n) is 8.79. The number of nitrogens with zero attached hydrogens (tertiary/aromatic N) is 1. The number of nitrogens with two attached hydrogens (primary N) is 1. The van der Waals surface area contributed by atoms with E-state index < -0.39 is 0 Å². The van der Waals surface area contributed by atoms with Gasteiger partial charge in [0.25, 0.3) is 0 Å². The Bertz CT molecular complexity index is 305. The molecule has 2 N–H and O–H groups in total. The van der Waals surface area contributed by atoms with E-state index in [4.69, 9.17) is 5.73 Å². The lowest BCUT2D eigenvalue weighted by atomic mass is 10.1. The van der Waals surface area contributed by atoms with Crippen molar-refractivity contribution in [3.8, 4) is 0 Å². The van der Waals surface area contributed by atoms with Gasteiger partial charge in [-0.3, -0.25) is 0 Å². The second-order valence-corrected chi connectivity index (χ2v) is 6.68. The van der Waals surface area contributed by atoms with Crippen LogP contribution in [0.2, 0.25) is 0 Å². The van der Waals surface area contributed by atoms with Gasteiger partial charge in [-0.1, -0.05) is 0 Å². The van der Waals surface area contributed by atoms with Crippen LogP contribution in [0.1, 0.15) is 17.7 Å². The number of halogens is 1. The van der Waals surface area contributed by atoms with Gasteiger partial charge in [0.2, 0.25) is 0 Å². The van der Waals surface area contributed by atoms with Crippen molar-refractivity contribution < 1.29 is 0 Å². The van der Waals surface area contributed by atoms with Crippen LogP contribution in [0.4, 0.5) is 0 Å². The van der Waals surface area contributed by atoms with Gasteiger partial charge in [-0.05, 0) is 60.4 Å². The lowest BCUT2D eigenvalue weighted by molar-refractivity contribution is 0.216. The highest BCUT2D eigenvalue weighted by molar-refractivity contribution is 9.11. The Hall–Kier alpha value is 0.1000. The quantitative estimate of drug-likeness (QED) is 0.926. The Morgan fingerprint density at radius 2 is 2.13 bits per heavy atom. The predicted octanol–water partition coefficient (Wildman–Crippen LogP) is 2.48. The zero-order valence-corrected chi connectivity index (χ0v) is 11.2. The minimum Gasteiger partial charge on any atom is -0.328 e. The molecule has 1 saturated heterocycles. The Labute approximate surface area is 104 Å². The molecule has 1 aromatic heterocycles. The van der Waals surface area contributed by atoms with Crippen molar-refractivity contribution in [2.45, 2.75) is 25.3 Å². The molecule has 2 nitrogen and oxygen atoms in total. The van der Waals surface area contributed by atoms with Crippen LogP contribution in [0.3, 0.4) is 0 Å². The molecular formula is C11H17BrN2S. The number of piperidine rings is 1. The molecule has 0 bridgehead atoms. The van der Waals surface area contributed by atoms with E-state index in [-0.39, 0.29) is 0 Å². The number of hydrogen-bond donors (Lipinski definition) is 1. The minimum atomic E-state index is 0.442. The van der Waals surface area contributed by atoms with Crippen LogP contribution in [0.15, 0.2) is 15.9 Å². The van der Waals surface area contributed by atoms with Crippen molar-refractivity contribution in [1.29, 1.82) is 0 Å². The van der Waals surface area contributed by atoms with Gasteiger partial charge in [-0.15, -0.1) is 11.3 Å². The normalized spacial score (nSPS) is 19.6. The molecule has 1 aliphatic heterocycles. The molecule has 1 aromatic rings. The summed E-state index contributed by atoms with van der Waals surface area (Å²) in [5.74, 6) is 0. The summed E-state index contributed by atoms with van der Waals surface area (Å²) in [4.78, 5) is 3.99. The highest BCUT2D eigenvalue weighted by Gasteiger charge is 2.15. The van der Waals surface area contributed by atoms with E-state index >= 15 is 0 Å². The van der Waals surface area contributed by atoms with Gasteiger partial charge < -0.3 is 10.6 Å². The molecule has 0 aliphatic carbocycles. The van der Waals surface area contributed by atoms with Crippen molar-refractivity contribution in [2.75, 3.05) is 19.6 Å². The molecule has 84 valence electrons. The van der Waals surface area contributed by atoms with E-state index in [0.29, 0.717) is 6.04 Å². The lowest BCUT2D eigenvalue weighted by Crippen LogP contribution is -2.40. The molecule has 4 heteroatoms. The first-order valence-corrected chi connectivity index (χ1v) is 7.07. The maximum absolute atomic E-state index is 5.88. The van der Waals surface area contributed by atoms with Gasteiger partial charge in [0.1, 0.15) is 0 Å². The maximum atomic E-state index is 5.88. The average molecular weight is 289 g/mol. The molecule has 0 spiro atoms. The summed E-state index contributed by atoms with van der Waals surface area (Å²) in [5.41, 5.74) is 5.88. The largest absolute Gasteiger partial charge is 0.328 e. The predicted molar refractivity (Wildman–Crippen MR) is 69.4 cm³/mol. The molecule has 0 saturated carbocycles. The van der Waals surface area contributed by atoms with Gasteiger partial charge >= 0.3 is 0 Å². The molecule has 15 heavy (non-hydrogen) atoms. The monoisotopic (exact) mass is 288 g/mol. The lowest BCUT2D eigenvalue weighted by Gasteiger charge is -2.29. The third kappa shape index (κ3) is 3.55. The molecule has 0 atom stereocenters. The summed E-state index contributed by atoms with van der Waals surface area (Å²) in [5, 5.41) is 0. The summed E-state index contributed by atoms with van der Waals surface area (Å²) in [6, 6.07) is 4.79. The van der Waals surface area contributed by atoms with E-state index in [2.05, 4.69) is 33.0 Å². The summed E-state index contributed by atoms with van der Waals surface area (Å²) in [6.45, 7) is 3.53. The van der Waals surface area contributed by atoms with Crippen molar-refractivity contribution in [1.82, 2.24) is 4.90 Å². The fraction of sp³-hybridized carbons (Fsp3) is 0.636. The first-order chi connectivity index (χ1) is 7.24. The Kier molecular flexibility index (Phi) is 4.20. The first-order valence-electron chi connectivity index (χ1n) is 5.46. The molecule has 0 radical (unpaired) electrons. The van der Waals surface area contributed by atoms with E-state index in [1.807, 2.05) is 11.3 Å². The Morgan fingerprint density at radius 1 is 1.40 bits per heavy atom. The molecule has 0 aromatic carbocycles. The number of hydrogen-bond acceptors (Lipinski definition) is 3. The third-order valence-electron chi connectivity index (χ3n) is 2.94. The molecule has 1 fully saturated rings. The van der Waals surface area contributed by atoms with Crippen LogP contribution in [0.5, 0.6) is 0 Å². The van der Waals surface area contributed by atoms with Gasteiger partial charge in [0.15, 0.2) is 0 Å². The number of thiophene rings is 1. The second kappa shape index (κ2) is 5.43. The summed E-state index contributed by atoms with van der Waals surface area (Å²) >= 11 is 5.34. The van der Waals surface area contributed by atoms with Crippen LogP contribution >= 0.6 is 27.3 Å². The third-order valence-corrected chi connectivity index (χ3v) is 4.62. The SMILES string of the molecule is NC1CCN(CCc2ccc(Br)s2)CC1. The van der Waals surface area contributed by atoms with Gasteiger partial charge in [0, 0.05) is 17.5 Å². The molecule has 0 unspecified atom stereocenters. The number of likely N-dealkylation sites (tertiary alicyclic amines) is 1. The van der Waals surface area contributed by atoms with Gasteiger partial charge in [-0.2, -0.15) is 0 Å². The van der Waals surface area contributed by atoms with Crippen molar-refractivity contribution in [2.24, 2.45) is 5.73 Å². The Balaban J connectivity index is 1.74. The highest BCUT2D eigenvalue weighted by Crippen LogP contribution is 2.22. The van der Waals surface area contributed by atoms with E-state index in [9.17, 15) is 0 Å². The van der Waals surface area contributed by atoms with Gasteiger partial charge in [-0.25, -0.2) is 0 Å². The standard InChI is InChI=1S/C11H17BrN2S/c12-11-2-1-10(15-11)5-8-14-6-3-9(13)4-7-14/h1-2,9H,3-8,13H2. The molecule has 1 aliphatic rings. The highest BCUT2D eigenvalue weighted by atomic mass is 79.9. The average Bonchev–Trinajstić information content (AvgIpc) is 2.64. The fourth-order valence-corrected chi connectivity index (χ4v) is 3.40. The smallest absolute Gasteiger partial charge is 0.0701 e. The fourth-order valence-electron chi connectivity index (χ4n) is 1.93. The van der Waals surface area contributed by atoms with Crippen LogP contribution in [0.25, 0.3) is 0 Å². The van der Waals surface area contributed by atoms with Crippen LogP contribution in [0, 0.1) is 0 Å². The second-order valence-electron chi connectivity index (χ2n) is 4.13. The first kappa shape index (κ1) is 11.6. The summed E-state index contributed by atoms with van der Waals surface area (Å²) < 4.78 is 1.23. The van der Waals surface area contributed by atoms with E-state index in [0.717, 1.165) is 12.8 Å². The zero-order chi connectivity index (χ0) is 10.7. The molecule has 2 rings (SSSR count). The molecule has 0 amide bonds. The van der Waals surface area contributed by atoms with E-state index in [1.165, 1.54) is 34.7 Å². The Morgan fingerprint density at radius 3 is 2.73 bits per heavy atom. The maximum Gasteiger partial charge on any atom is 0.0701 e. The summed E-state index contributed by atoms with van der Waals surface area (Å²) in [6.07, 6.45) is 3.49. The van der Waals surface area contributed by atoms with Gasteiger partial charge in [0.05, 0.1) is 3.79 Å². The van der Waals surface area contributed by atoms with Crippen LogP contribution in [-0.2, 0) is 6.42 Å². The van der Waals surface area contributed by atoms with Crippen molar-refractivity contribution in [3.63, 3.8) is 0 Å². The van der Waals surface area contributed by atoms with Crippen molar-refractivity contribution in [3.05, 3.63) is 20.8 Å². The van der Waals surface area contributed by atoms with Crippen molar-refractivity contribution >= 4 is 27.3 Å². The minimum absolute atomic E-state index is 0.442. The molecule has 2 heterocycles. The number of rotatable bonds is 3.